The molecule has 0 bridgehead atoms. The summed E-state index contributed by atoms with van der Waals surface area (Å²) in [4.78, 5) is 11.3. The van der Waals surface area contributed by atoms with Crippen molar-refractivity contribution < 1.29 is 49.6 Å². The summed E-state index contributed by atoms with van der Waals surface area (Å²) in [6.45, 7) is 1.72. The molecular weight excluding hydrogens is 354 g/mol. The molecule has 7 N–H and O–H groups in total. The van der Waals surface area contributed by atoms with Gasteiger partial charge >= 0.3 is 0 Å². The summed E-state index contributed by atoms with van der Waals surface area (Å²) in [6.07, 6.45) is -11.7. The lowest BCUT2D eigenvalue weighted by Gasteiger charge is -2.46. The Morgan fingerprint density at radius 3 is 2.12 bits per heavy atom. The molecule has 2 fully saturated rings. The van der Waals surface area contributed by atoms with Gasteiger partial charge in [0, 0.05) is 6.92 Å². The van der Waals surface area contributed by atoms with E-state index in [-0.39, 0.29) is 0 Å². The van der Waals surface area contributed by atoms with Crippen LogP contribution in [0.4, 0.5) is 0 Å². The van der Waals surface area contributed by atoms with Gasteiger partial charge in [0.25, 0.3) is 0 Å². The van der Waals surface area contributed by atoms with Crippen molar-refractivity contribution >= 4 is 5.91 Å². The summed E-state index contributed by atoms with van der Waals surface area (Å²) in [7, 11) is 0. The van der Waals surface area contributed by atoms with E-state index in [1.54, 1.807) is 6.92 Å². The second-order valence-corrected chi connectivity index (χ2v) is 6.58. The van der Waals surface area contributed by atoms with Crippen LogP contribution in [0.3, 0.4) is 0 Å². The summed E-state index contributed by atoms with van der Waals surface area (Å²) in [5, 5.41) is 61.5. The van der Waals surface area contributed by atoms with Crippen molar-refractivity contribution in [2.24, 2.45) is 0 Å². The van der Waals surface area contributed by atoms with E-state index in [2.05, 4.69) is 5.32 Å². The van der Waals surface area contributed by atoms with Crippen LogP contribution in [0.1, 0.15) is 13.8 Å². The van der Waals surface area contributed by atoms with E-state index < -0.39 is 80.3 Å². The summed E-state index contributed by atoms with van der Waals surface area (Å²) >= 11 is 0. The van der Waals surface area contributed by atoms with Gasteiger partial charge in [-0.2, -0.15) is 0 Å². The number of ether oxygens (including phenoxy) is 3. The van der Waals surface area contributed by atoms with Gasteiger partial charge in [-0.3, -0.25) is 4.79 Å². The van der Waals surface area contributed by atoms with Crippen LogP contribution < -0.4 is 5.32 Å². The van der Waals surface area contributed by atoms with Crippen molar-refractivity contribution in [2.75, 3.05) is 13.2 Å². The van der Waals surface area contributed by atoms with Crippen LogP contribution >= 0.6 is 0 Å². The van der Waals surface area contributed by atoms with Crippen LogP contribution in [-0.4, -0.2) is 111 Å². The normalized spacial score (nSPS) is 46.8. The van der Waals surface area contributed by atoms with Crippen molar-refractivity contribution in [1.82, 2.24) is 5.32 Å². The lowest BCUT2D eigenvalue weighted by molar-refractivity contribution is -0.335. The number of nitrogens with one attached hydrogen (secondary N) is 1. The molecule has 0 radical (unpaired) electrons. The summed E-state index contributed by atoms with van der Waals surface area (Å²) in [5.74, 6) is -0.404. The third-order valence-electron chi connectivity index (χ3n) is 4.66. The number of amides is 1. The van der Waals surface area contributed by atoms with Gasteiger partial charge < -0.3 is 50.2 Å². The fourth-order valence-corrected chi connectivity index (χ4v) is 3.23. The topological polar surface area (TPSA) is 178 Å². The number of carbonyl (C=O) groups is 1. The first kappa shape index (κ1) is 21.4. The van der Waals surface area contributed by atoms with E-state index in [0.717, 1.165) is 0 Å². The van der Waals surface area contributed by atoms with Crippen molar-refractivity contribution in [2.45, 2.75) is 75.0 Å². The average Bonchev–Trinajstić information content (AvgIpc) is 2.60. The second-order valence-electron chi connectivity index (χ2n) is 6.58. The van der Waals surface area contributed by atoms with Crippen LogP contribution in [0, 0.1) is 0 Å². The first-order valence-corrected chi connectivity index (χ1v) is 8.38. The molecule has 4 unspecified atom stereocenters. The van der Waals surface area contributed by atoms with Gasteiger partial charge in [-0.05, 0) is 6.92 Å². The number of hydrogen-bond acceptors (Lipinski definition) is 10. The van der Waals surface area contributed by atoms with E-state index in [0.29, 0.717) is 0 Å². The van der Waals surface area contributed by atoms with Gasteiger partial charge in [-0.1, -0.05) is 0 Å². The highest BCUT2D eigenvalue weighted by molar-refractivity contribution is 5.73. The molecule has 11 heteroatoms. The van der Waals surface area contributed by atoms with Crippen molar-refractivity contribution in [3.63, 3.8) is 0 Å². The van der Waals surface area contributed by atoms with Crippen molar-refractivity contribution in [3.8, 4) is 0 Å². The zero-order valence-corrected chi connectivity index (χ0v) is 14.5. The first-order chi connectivity index (χ1) is 12.2. The highest BCUT2D eigenvalue weighted by atomic mass is 16.7. The molecule has 0 aromatic rings. The Morgan fingerprint density at radius 2 is 1.58 bits per heavy atom. The van der Waals surface area contributed by atoms with Gasteiger partial charge in [-0.25, -0.2) is 0 Å². The Morgan fingerprint density at radius 1 is 0.962 bits per heavy atom. The fourth-order valence-electron chi connectivity index (χ4n) is 3.23. The minimum atomic E-state index is -1.67. The maximum atomic E-state index is 11.3. The smallest absolute Gasteiger partial charge is 0.217 e. The predicted molar refractivity (Wildman–Crippen MR) is 83.7 cm³/mol. The minimum Gasteiger partial charge on any atom is -0.394 e. The highest BCUT2D eigenvalue weighted by Crippen LogP contribution is 2.29. The van der Waals surface area contributed by atoms with Crippen LogP contribution in [0.25, 0.3) is 0 Å². The predicted octanol–water partition coefficient (Wildman–Crippen LogP) is -4.18. The molecule has 0 spiro atoms. The summed E-state index contributed by atoms with van der Waals surface area (Å²) in [6, 6.07) is -0.842. The van der Waals surface area contributed by atoms with Crippen molar-refractivity contribution in [1.29, 1.82) is 0 Å². The molecule has 152 valence electrons. The molecule has 2 heterocycles. The molecule has 0 aromatic heterocycles. The number of carbonyl (C=O) groups excluding carboxylic acids is 1. The molecule has 10 atom stereocenters. The third-order valence-corrected chi connectivity index (χ3v) is 4.66. The standard InChI is InChI=1S/C15H27NO10/c1-5-9(16-6(2)19)11(21)14(8(4-18)24-5)26-15-13(23)12(22)10(20)7(3-17)25-15/h5,7-15,17-18,20-23H,3-4H2,1-2H3,(H,16,19)/t5?,7?,8?,9-,10+,11-,12+,13+,14-,15?/m1/s1. The van der Waals surface area contributed by atoms with Crippen LogP contribution in [-0.2, 0) is 19.0 Å². The third kappa shape index (κ3) is 4.32. The largest absolute Gasteiger partial charge is 0.394 e. The second kappa shape index (κ2) is 8.87. The lowest BCUT2D eigenvalue weighted by Crippen LogP contribution is -2.66. The van der Waals surface area contributed by atoms with Gasteiger partial charge in [-0.15, -0.1) is 0 Å². The lowest BCUT2D eigenvalue weighted by atomic mass is 9.92. The molecule has 11 nitrogen and oxygen atoms in total. The number of aliphatic hydroxyl groups is 6. The Hall–Kier alpha value is -0.890. The van der Waals surface area contributed by atoms with Gasteiger partial charge in [0.15, 0.2) is 6.29 Å². The quantitative estimate of drug-likeness (QED) is 0.247. The molecule has 0 aliphatic carbocycles. The van der Waals surface area contributed by atoms with Gasteiger partial charge in [0.2, 0.25) is 5.91 Å². The molecule has 1 amide bonds. The maximum Gasteiger partial charge on any atom is 0.217 e. The molecule has 26 heavy (non-hydrogen) atoms. The van der Waals surface area contributed by atoms with Crippen molar-refractivity contribution in [3.05, 3.63) is 0 Å². The average molecular weight is 381 g/mol. The van der Waals surface area contributed by atoms with E-state index in [1.165, 1.54) is 6.92 Å². The summed E-state index contributed by atoms with van der Waals surface area (Å²) in [5.41, 5.74) is 0. The maximum absolute atomic E-state index is 11.3. The monoisotopic (exact) mass is 381 g/mol. The molecule has 2 aliphatic heterocycles. The Bertz CT molecular complexity index is 477. The first-order valence-electron chi connectivity index (χ1n) is 8.38. The number of hydrogen-bond donors (Lipinski definition) is 7. The minimum absolute atomic E-state index is 0.404. The Balaban J connectivity index is 2.16. The zero-order chi connectivity index (χ0) is 19.6. The molecule has 0 saturated carbocycles. The van der Waals surface area contributed by atoms with E-state index in [9.17, 15) is 35.4 Å². The SMILES string of the molecule is CC(=O)N[C@@H]1C(C)OC(CO)[C@@H](OC2OC(CO)[C@H](O)[C@H](O)[C@@H]2O)[C@@H]1O. The molecule has 2 aliphatic rings. The molecule has 0 aromatic carbocycles. The molecule has 2 rings (SSSR count). The summed E-state index contributed by atoms with van der Waals surface area (Å²) < 4.78 is 16.3. The van der Waals surface area contributed by atoms with Crippen LogP contribution in [0.15, 0.2) is 0 Å². The number of aliphatic hydroxyl groups excluding tert-OH is 6. The van der Waals surface area contributed by atoms with Gasteiger partial charge in [0.1, 0.15) is 42.7 Å². The Labute approximate surface area is 150 Å². The fraction of sp³-hybridized carbons (Fsp3) is 0.933. The van der Waals surface area contributed by atoms with Crippen LogP contribution in [0.5, 0.6) is 0 Å². The Kier molecular flexibility index (Phi) is 7.30. The van der Waals surface area contributed by atoms with E-state index in [1.807, 2.05) is 0 Å². The van der Waals surface area contributed by atoms with Gasteiger partial charge in [0.05, 0.1) is 25.4 Å². The highest BCUT2D eigenvalue weighted by Gasteiger charge is 2.50. The molecular formula is C15H27NO10. The molecule has 2 saturated heterocycles. The van der Waals surface area contributed by atoms with Crippen LogP contribution in [0.2, 0.25) is 0 Å². The van der Waals surface area contributed by atoms with E-state index >= 15 is 0 Å². The zero-order valence-electron chi connectivity index (χ0n) is 14.5. The number of rotatable bonds is 5. The van der Waals surface area contributed by atoms with E-state index in [4.69, 9.17) is 14.2 Å².